The van der Waals surface area contributed by atoms with Gasteiger partial charge in [0, 0.05) is 12.1 Å². The van der Waals surface area contributed by atoms with Crippen LogP contribution in [-0.2, 0) is 0 Å². The minimum atomic E-state index is 0.752. The monoisotopic (exact) mass is 226 g/mol. The van der Waals surface area contributed by atoms with Crippen molar-refractivity contribution >= 4 is 0 Å². The van der Waals surface area contributed by atoms with Gasteiger partial charge in [0.05, 0.1) is 0 Å². The summed E-state index contributed by atoms with van der Waals surface area (Å²) in [6.45, 7) is 9.43. The van der Waals surface area contributed by atoms with Crippen molar-refractivity contribution in [3.05, 3.63) is 0 Å². The molecule has 1 rings (SSSR count). The van der Waals surface area contributed by atoms with Crippen LogP contribution in [0.2, 0.25) is 0 Å². The number of nitrogens with one attached hydrogen (secondary N) is 1. The van der Waals surface area contributed by atoms with E-state index in [-0.39, 0.29) is 0 Å². The van der Waals surface area contributed by atoms with E-state index < -0.39 is 0 Å². The minimum absolute atomic E-state index is 0.752. The summed E-state index contributed by atoms with van der Waals surface area (Å²) in [5.74, 6) is 0.864. The number of rotatable bonds is 6. The van der Waals surface area contributed by atoms with Crippen molar-refractivity contribution in [3.63, 3.8) is 0 Å². The first-order valence-electron chi connectivity index (χ1n) is 7.03. The van der Waals surface area contributed by atoms with Gasteiger partial charge in [-0.25, -0.2) is 0 Å². The van der Waals surface area contributed by atoms with Crippen LogP contribution in [0.3, 0.4) is 0 Å². The predicted octanol–water partition coefficient (Wildman–Crippen LogP) is 2.89. The summed E-state index contributed by atoms with van der Waals surface area (Å²) in [7, 11) is 2.24. The predicted molar refractivity (Wildman–Crippen MR) is 71.8 cm³/mol. The lowest BCUT2D eigenvalue weighted by Gasteiger charge is -2.35. The van der Waals surface area contributed by atoms with Crippen LogP contribution in [0.25, 0.3) is 0 Å². The fourth-order valence-corrected chi connectivity index (χ4v) is 2.46. The van der Waals surface area contributed by atoms with Crippen LogP contribution in [-0.4, -0.2) is 37.1 Å². The molecule has 1 aliphatic rings. The second-order valence-corrected chi connectivity index (χ2v) is 5.89. The summed E-state index contributed by atoms with van der Waals surface area (Å²) in [6.07, 6.45) is 6.75. The van der Waals surface area contributed by atoms with E-state index >= 15 is 0 Å². The molecule has 2 heteroatoms. The van der Waals surface area contributed by atoms with E-state index in [0.29, 0.717) is 0 Å². The first-order chi connectivity index (χ1) is 7.59. The molecule has 0 spiro atoms. The molecule has 1 aliphatic heterocycles. The maximum Gasteiger partial charge on any atom is 0.00940 e. The Labute approximate surface area is 102 Å². The average molecular weight is 226 g/mol. The fourth-order valence-electron chi connectivity index (χ4n) is 2.46. The number of nitrogens with zero attached hydrogens (tertiary/aromatic N) is 1. The van der Waals surface area contributed by atoms with E-state index in [2.05, 4.69) is 38.0 Å². The van der Waals surface area contributed by atoms with E-state index in [1.165, 1.54) is 45.2 Å². The molecular formula is C14H30N2. The van der Waals surface area contributed by atoms with E-state index in [1.54, 1.807) is 0 Å². The van der Waals surface area contributed by atoms with E-state index in [9.17, 15) is 0 Å². The number of unbranched alkanes of at least 4 members (excludes halogenated alkanes) is 1. The van der Waals surface area contributed by atoms with Crippen LogP contribution in [0.5, 0.6) is 0 Å². The number of hydrogen-bond donors (Lipinski definition) is 1. The van der Waals surface area contributed by atoms with Crippen LogP contribution in [0.4, 0.5) is 0 Å². The largest absolute Gasteiger partial charge is 0.314 e. The molecule has 2 atom stereocenters. The summed E-state index contributed by atoms with van der Waals surface area (Å²) in [4.78, 5) is 2.47. The highest BCUT2D eigenvalue weighted by molar-refractivity contribution is 4.80. The minimum Gasteiger partial charge on any atom is -0.314 e. The summed E-state index contributed by atoms with van der Waals surface area (Å²) < 4.78 is 0. The lowest BCUT2D eigenvalue weighted by molar-refractivity contribution is 0.168. The first-order valence-corrected chi connectivity index (χ1v) is 7.03. The molecular weight excluding hydrogens is 196 g/mol. The van der Waals surface area contributed by atoms with Crippen molar-refractivity contribution in [1.29, 1.82) is 0 Å². The molecule has 0 amide bonds. The van der Waals surface area contributed by atoms with Crippen LogP contribution < -0.4 is 5.32 Å². The molecule has 16 heavy (non-hydrogen) atoms. The van der Waals surface area contributed by atoms with Crippen LogP contribution in [0.1, 0.15) is 52.9 Å². The Morgan fingerprint density at radius 2 is 2.06 bits per heavy atom. The van der Waals surface area contributed by atoms with Gasteiger partial charge in [-0.2, -0.15) is 0 Å². The Balaban J connectivity index is 2.01. The second-order valence-electron chi connectivity index (χ2n) is 5.89. The fraction of sp³-hybridized carbons (Fsp3) is 1.00. The Hall–Kier alpha value is -0.0800. The molecule has 1 N–H and O–H groups in total. The third-order valence-corrected chi connectivity index (χ3v) is 3.85. The van der Waals surface area contributed by atoms with Gasteiger partial charge in [-0.3, -0.25) is 0 Å². The molecule has 96 valence electrons. The lowest BCUT2D eigenvalue weighted by atomic mass is 9.98. The zero-order valence-electron chi connectivity index (χ0n) is 11.6. The molecule has 0 aromatic rings. The van der Waals surface area contributed by atoms with Crippen LogP contribution in [0, 0.1) is 5.92 Å². The van der Waals surface area contributed by atoms with Crippen molar-refractivity contribution < 1.29 is 0 Å². The van der Waals surface area contributed by atoms with Gasteiger partial charge in [-0.1, -0.05) is 26.7 Å². The van der Waals surface area contributed by atoms with E-state index in [1.807, 2.05) is 0 Å². The molecule has 2 unspecified atom stereocenters. The average Bonchev–Trinajstić information content (AvgIpc) is 2.22. The number of likely N-dealkylation sites (tertiary alicyclic amines) is 1. The van der Waals surface area contributed by atoms with E-state index in [4.69, 9.17) is 0 Å². The zero-order valence-corrected chi connectivity index (χ0v) is 11.6. The second kappa shape index (κ2) is 7.29. The number of piperidine rings is 1. The maximum absolute atomic E-state index is 3.72. The van der Waals surface area contributed by atoms with Gasteiger partial charge in [0.2, 0.25) is 0 Å². The van der Waals surface area contributed by atoms with E-state index in [0.717, 1.165) is 18.0 Å². The van der Waals surface area contributed by atoms with Gasteiger partial charge >= 0.3 is 0 Å². The third-order valence-electron chi connectivity index (χ3n) is 3.85. The quantitative estimate of drug-likeness (QED) is 0.701. The summed E-state index contributed by atoms with van der Waals surface area (Å²) in [5.41, 5.74) is 0. The maximum atomic E-state index is 3.72. The SMILES string of the molecule is CC(C)CCCCNC1CCN(C)C(C)C1. The molecule has 1 saturated heterocycles. The highest BCUT2D eigenvalue weighted by atomic mass is 15.1. The molecule has 0 aromatic carbocycles. The summed E-state index contributed by atoms with van der Waals surface area (Å²) >= 11 is 0. The highest BCUT2D eigenvalue weighted by Gasteiger charge is 2.21. The molecule has 2 nitrogen and oxygen atoms in total. The van der Waals surface area contributed by atoms with Gasteiger partial charge in [-0.05, 0) is 52.2 Å². The van der Waals surface area contributed by atoms with Gasteiger partial charge in [0.15, 0.2) is 0 Å². The van der Waals surface area contributed by atoms with Gasteiger partial charge in [0.25, 0.3) is 0 Å². The number of hydrogen-bond acceptors (Lipinski definition) is 2. The normalized spacial score (nSPS) is 27.6. The molecule has 0 radical (unpaired) electrons. The topological polar surface area (TPSA) is 15.3 Å². The molecule has 0 saturated carbocycles. The lowest BCUT2D eigenvalue weighted by Crippen LogP contribution is -2.45. The van der Waals surface area contributed by atoms with Crippen molar-refractivity contribution in [2.24, 2.45) is 5.92 Å². The van der Waals surface area contributed by atoms with Gasteiger partial charge < -0.3 is 10.2 Å². The van der Waals surface area contributed by atoms with Gasteiger partial charge in [-0.15, -0.1) is 0 Å². The molecule has 0 aromatic heterocycles. The zero-order chi connectivity index (χ0) is 12.0. The van der Waals surface area contributed by atoms with Crippen molar-refractivity contribution in [2.45, 2.75) is 65.0 Å². The van der Waals surface area contributed by atoms with Crippen LogP contribution >= 0.6 is 0 Å². The van der Waals surface area contributed by atoms with Crippen molar-refractivity contribution in [1.82, 2.24) is 10.2 Å². The van der Waals surface area contributed by atoms with Gasteiger partial charge in [0.1, 0.15) is 0 Å². The molecule has 1 heterocycles. The Bertz CT molecular complexity index is 180. The smallest absolute Gasteiger partial charge is 0.00940 e. The molecule has 0 aliphatic carbocycles. The molecule has 1 fully saturated rings. The first kappa shape index (κ1) is 14.0. The Kier molecular flexibility index (Phi) is 6.37. The van der Waals surface area contributed by atoms with Crippen molar-refractivity contribution in [3.8, 4) is 0 Å². The molecule has 0 bridgehead atoms. The Morgan fingerprint density at radius 1 is 1.31 bits per heavy atom. The third kappa shape index (κ3) is 5.31. The highest BCUT2D eigenvalue weighted by Crippen LogP contribution is 2.15. The van der Waals surface area contributed by atoms with Crippen molar-refractivity contribution in [2.75, 3.05) is 20.1 Å². The standard InChI is InChI=1S/C14H30N2/c1-12(2)7-5-6-9-15-14-8-10-16(4)13(3)11-14/h12-15H,5-11H2,1-4H3. The summed E-state index contributed by atoms with van der Waals surface area (Å²) in [5, 5.41) is 3.72. The van der Waals surface area contributed by atoms with Crippen LogP contribution in [0.15, 0.2) is 0 Å². The Morgan fingerprint density at radius 3 is 2.69 bits per heavy atom. The summed E-state index contributed by atoms with van der Waals surface area (Å²) in [6, 6.07) is 1.52.